The summed E-state index contributed by atoms with van der Waals surface area (Å²) >= 11 is 3.55. The monoisotopic (exact) mass is 451 g/mol. The predicted octanol–water partition coefficient (Wildman–Crippen LogP) is 6.55. The summed E-state index contributed by atoms with van der Waals surface area (Å²) in [6.45, 7) is 2.29. The summed E-state index contributed by atoms with van der Waals surface area (Å²) in [5.74, 6) is 0.810. The summed E-state index contributed by atoms with van der Waals surface area (Å²) < 4.78 is 25.1. The molecular formula is C24H19BrFNO2. The third kappa shape index (κ3) is 5.24. The molecule has 0 radical (unpaired) electrons. The summed E-state index contributed by atoms with van der Waals surface area (Å²) in [4.78, 5) is 0. The van der Waals surface area contributed by atoms with Crippen molar-refractivity contribution >= 4 is 27.6 Å². The number of nitrogens with zero attached hydrogens (tertiary/aromatic N) is 1. The molecule has 0 N–H and O–H groups in total. The molecule has 0 aliphatic carbocycles. The highest BCUT2D eigenvalue weighted by molar-refractivity contribution is 9.10. The first-order valence-electron chi connectivity index (χ1n) is 8.94. The van der Waals surface area contributed by atoms with Gasteiger partial charge in [-0.15, -0.1) is 0 Å². The Bertz CT molecular complexity index is 1070. The number of nitriles is 1. The Kier molecular flexibility index (Phi) is 6.69. The van der Waals surface area contributed by atoms with Gasteiger partial charge in [-0.2, -0.15) is 5.26 Å². The Morgan fingerprint density at radius 2 is 1.76 bits per heavy atom. The maximum atomic E-state index is 13.0. The molecule has 3 aromatic rings. The lowest BCUT2D eigenvalue weighted by atomic mass is 10.0. The first-order chi connectivity index (χ1) is 14.0. The van der Waals surface area contributed by atoms with Gasteiger partial charge in [-0.25, -0.2) is 4.39 Å². The molecule has 0 bridgehead atoms. The van der Waals surface area contributed by atoms with Crippen LogP contribution in [-0.2, 0) is 6.61 Å². The van der Waals surface area contributed by atoms with Crippen LogP contribution in [0.3, 0.4) is 0 Å². The second kappa shape index (κ2) is 9.40. The highest BCUT2D eigenvalue weighted by atomic mass is 79.9. The average molecular weight is 452 g/mol. The number of hydrogen-bond donors (Lipinski definition) is 0. The molecule has 3 aromatic carbocycles. The molecule has 0 fully saturated rings. The molecule has 0 atom stereocenters. The molecule has 0 unspecified atom stereocenters. The Morgan fingerprint density at radius 3 is 2.38 bits per heavy atom. The molecule has 0 amide bonds. The molecule has 0 aliphatic rings. The van der Waals surface area contributed by atoms with Crippen molar-refractivity contribution < 1.29 is 13.9 Å². The highest BCUT2D eigenvalue weighted by Gasteiger charge is 2.11. The number of benzene rings is 3. The third-order valence-electron chi connectivity index (χ3n) is 4.37. The largest absolute Gasteiger partial charge is 0.493 e. The van der Waals surface area contributed by atoms with E-state index in [0.717, 1.165) is 26.7 Å². The zero-order valence-corrected chi connectivity index (χ0v) is 17.7. The fourth-order valence-electron chi connectivity index (χ4n) is 2.74. The van der Waals surface area contributed by atoms with Crippen molar-refractivity contribution in [2.24, 2.45) is 0 Å². The molecule has 146 valence electrons. The lowest BCUT2D eigenvalue weighted by Gasteiger charge is -2.13. The molecule has 0 aromatic heterocycles. The SMILES string of the molecule is COc1cc(/C=C(/C#N)c2ccc(C)cc2)c(Br)cc1OCc1ccc(F)cc1. The van der Waals surface area contributed by atoms with Crippen LogP contribution >= 0.6 is 15.9 Å². The number of allylic oxidation sites excluding steroid dienone is 1. The summed E-state index contributed by atoms with van der Waals surface area (Å²) in [5.41, 5.74) is 4.18. The highest BCUT2D eigenvalue weighted by Crippen LogP contribution is 2.36. The van der Waals surface area contributed by atoms with Crippen molar-refractivity contribution in [3.63, 3.8) is 0 Å². The van der Waals surface area contributed by atoms with E-state index < -0.39 is 0 Å². The lowest BCUT2D eigenvalue weighted by molar-refractivity contribution is 0.284. The van der Waals surface area contributed by atoms with Gasteiger partial charge in [0, 0.05) is 4.47 Å². The molecule has 3 nitrogen and oxygen atoms in total. The number of ether oxygens (including phenoxy) is 2. The van der Waals surface area contributed by atoms with Crippen LogP contribution in [0.15, 0.2) is 65.1 Å². The van der Waals surface area contributed by atoms with E-state index in [1.165, 1.54) is 12.1 Å². The standard InChI is InChI=1S/C24H19BrFNO2/c1-16-3-7-18(8-4-16)20(14-27)11-19-12-23(28-2)24(13-22(19)25)29-15-17-5-9-21(26)10-6-17/h3-13H,15H2,1-2H3/b20-11-. The second-order valence-corrected chi connectivity index (χ2v) is 7.33. The maximum absolute atomic E-state index is 13.0. The maximum Gasteiger partial charge on any atom is 0.162 e. The molecule has 5 heteroatoms. The quantitative estimate of drug-likeness (QED) is 0.315. The zero-order chi connectivity index (χ0) is 20.8. The summed E-state index contributed by atoms with van der Waals surface area (Å²) in [5, 5.41) is 9.60. The molecule has 0 saturated carbocycles. The molecule has 0 spiro atoms. The Labute approximate surface area is 178 Å². The van der Waals surface area contributed by atoms with E-state index in [-0.39, 0.29) is 12.4 Å². The summed E-state index contributed by atoms with van der Waals surface area (Å²) in [6.07, 6.45) is 1.81. The van der Waals surface area contributed by atoms with Crippen LogP contribution in [0, 0.1) is 24.1 Å². The Balaban J connectivity index is 1.88. The smallest absolute Gasteiger partial charge is 0.162 e. The van der Waals surface area contributed by atoms with Gasteiger partial charge in [0.15, 0.2) is 11.5 Å². The third-order valence-corrected chi connectivity index (χ3v) is 5.06. The molecule has 29 heavy (non-hydrogen) atoms. The first kappa shape index (κ1) is 20.6. The van der Waals surface area contributed by atoms with Crippen molar-refractivity contribution in [2.75, 3.05) is 7.11 Å². The lowest BCUT2D eigenvalue weighted by Crippen LogP contribution is -1.98. The van der Waals surface area contributed by atoms with E-state index in [2.05, 4.69) is 22.0 Å². The van der Waals surface area contributed by atoms with Crippen LogP contribution in [0.25, 0.3) is 11.6 Å². The van der Waals surface area contributed by atoms with Gasteiger partial charge in [-0.3, -0.25) is 0 Å². The number of halogens is 2. The van der Waals surface area contributed by atoms with Crippen LogP contribution in [0.5, 0.6) is 11.5 Å². The van der Waals surface area contributed by atoms with E-state index in [0.29, 0.717) is 17.1 Å². The van der Waals surface area contributed by atoms with Gasteiger partial charge in [-0.05, 0) is 54.0 Å². The van der Waals surface area contributed by atoms with Crippen molar-refractivity contribution in [3.8, 4) is 17.6 Å². The molecule has 0 aliphatic heterocycles. The number of rotatable bonds is 6. The second-order valence-electron chi connectivity index (χ2n) is 6.48. The molecular weight excluding hydrogens is 433 g/mol. The van der Waals surface area contributed by atoms with Crippen LogP contribution in [0.4, 0.5) is 4.39 Å². The number of aryl methyl sites for hydroxylation is 1. The van der Waals surface area contributed by atoms with Gasteiger partial charge >= 0.3 is 0 Å². The van der Waals surface area contributed by atoms with E-state index in [9.17, 15) is 9.65 Å². The van der Waals surface area contributed by atoms with Crippen LogP contribution < -0.4 is 9.47 Å². The normalized spacial score (nSPS) is 11.1. The zero-order valence-electron chi connectivity index (χ0n) is 16.1. The van der Waals surface area contributed by atoms with Crippen LogP contribution in [0.1, 0.15) is 22.3 Å². The van der Waals surface area contributed by atoms with Gasteiger partial charge < -0.3 is 9.47 Å². The molecule has 0 saturated heterocycles. The van der Waals surface area contributed by atoms with Gasteiger partial charge in [0.25, 0.3) is 0 Å². The minimum atomic E-state index is -0.285. The minimum absolute atomic E-state index is 0.283. The fraction of sp³-hybridized carbons (Fsp3) is 0.125. The average Bonchev–Trinajstić information content (AvgIpc) is 2.73. The number of hydrogen-bond acceptors (Lipinski definition) is 3. The Hall–Kier alpha value is -3.10. The van der Waals surface area contributed by atoms with E-state index in [1.807, 2.05) is 37.3 Å². The van der Waals surface area contributed by atoms with Crippen molar-refractivity contribution in [1.29, 1.82) is 5.26 Å². The van der Waals surface area contributed by atoms with Crippen molar-refractivity contribution in [2.45, 2.75) is 13.5 Å². The number of methoxy groups -OCH3 is 1. The minimum Gasteiger partial charge on any atom is -0.493 e. The predicted molar refractivity (Wildman–Crippen MR) is 116 cm³/mol. The molecule has 0 heterocycles. The van der Waals surface area contributed by atoms with E-state index in [4.69, 9.17) is 9.47 Å². The first-order valence-corrected chi connectivity index (χ1v) is 9.73. The van der Waals surface area contributed by atoms with Crippen molar-refractivity contribution in [1.82, 2.24) is 0 Å². The van der Waals surface area contributed by atoms with Crippen molar-refractivity contribution in [3.05, 3.63) is 93.2 Å². The topological polar surface area (TPSA) is 42.2 Å². The fourth-order valence-corrected chi connectivity index (χ4v) is 3.18. The van der Waals surface area contributed by atoms with Gasteiger partial charge in [0.1, 0.15) is 12.4 Å². The van der Waals surface area contributed by atoms with E-state index in [1.54, 1.807) is 31.4 Å². The summed E-state index contributed by atoms with van der Waals surface area (Å²) in [7, 11) is 1.56. The Morgan fingerprint density at radius 1 is 1.07 bits per heavy atom. The van der Waals surface area contributed by atoms with Gasteiger partial charge in [-0.1, -0.05) is 57.9 Å². The van der Waals surface area contributed by atoms with Gasteiger partial charge in [0.05, 0.1) is 18.8 Å². The van der Waals surface area contributed by atoms with Gasteiger partial charge in [0.2, 0.25) is 0 Å². The van der Waals surface area contributed by atoms with Crippen LogP contribution in [0.2, 0.25) is 0 Å². The molecule has 3 rings (SSSR count). The van der Waals surface area contributed by atoms with Crippen LogP contribution in [-0.4, -0.2) is 7.11 Å². The van der Waals surface area contributed by atoms with E-state index >= 15 is 0 Å². The summed E-state index contributed by atoms with van der Waals surface area (Å²) in [6, 6.07) is 19.8.